The van der Waals surface area contributed by atoms with Gasteiger partial charge >= 0.3 is 0 Å². The lowest BCUT2D eigenvalue weighted by molar-refractivity contribution is 0.602. The van der Waals surface area contributed by atoms with Crippen LogP contribution < -0.4 is 4.72 Å². The molecular formula is C18H16N4O2S2. The third-order valence-electron chi connectivity index (χ3n) is 3.65. The topological polar surface area (TPSA) is 76.3 Å². The van der Waals surface area contributed by atoms with Crippen molar-refractivity contribution < 1.29 is 8.42 Å². The van der Waals surface area contributed by atoms with Crippen molar-refractivity contribution in [1.82, 2.24) is 9.97 Å². The number of rotatable bonds is 5. The molecule has 0 radical (unpaired) electrons. The van der Waals surface area contributed by atoms with Gasteiger partial charge in [-0.2, -0.15) is 0 Å². The molecule has 0 fully saturated rings. The molecule has 0 spiro atoms. The molecule has 0 aliphatic rings. The number of pyridine rings is 1. The monoisotopic (exact) mass is 384 g/mol. The molecule has 0 unspecified atom stereocenters. The minimum atomic E-state index is -3.77. The standard InChI is InChI=1S/C18H16N4O2S2/c1-4-14-6-5-7-16(21-14)22-26(23,24)18-12(2)20-17(25-18)13-8-10-15(19-3)11-9-13/h5-11H,4H2,1-2H3,(H,21,22). The molecule has 0 saturated carbocycles. The summed E-state index contributed by atoms with van der Waals surface area (Å²) in [6, 6.07) is 12.1. The number of hydrogen-bond acceptors (Lipinski definition) is 5. The van der Waals surface area contributed by atoms with Gasteiger partial charge in [-0.25, -0.2) is 23.2 Å². The third-order valence-corrected chi connectivity index (χ3v) is 6.82. The molecule has 3 aromatic rings. The quantitative estimate of drug-likeness (QED) is 0.660. The smallest absolute Gasteiger partial charge is 0.263 e. The van der Waals surface area contributed by atoms with Crippen LogP contribution in [-0.2, 0) is 16.4 Å². The molecule has 0 saturated heterocycles. The Morgan fingerprint density at radius 1 is 1.15 bits per heavy atom. The van der Waals surface area contributed by atoms with Gasteiger partial charge in [-0.1, -0.05) is 37.3 Å². The van der Waals surface area contributed by atoms with E-state index in [0.29, 0.717) is 22.2 Å². The van der Waals surface area contributed by atoms with Crippen LogP contribution in [0.1, 0.15) is 18.3 Å². The first-order valence-electron chi connectivity index (χ1n) is 7.87. The maximum Gasteiger partial charge on any atom is 0.274 e. The minimum Gasteiger partial charge on any atom is -0.263 e. The Morgan fingerprint density at radius 2 is 1.88 bits per heavy atom. The zero-order valence-corrected chi connectivity index (χ0v) is 15.9. The van der Waals surface area contributed by atoms with E-state index < -0.39 is 10.0 Å². The molecule has 0 aliphatic carbocycles. The van der Waals surface area contributed by atoms with Crippen molar-refractivity contribution in [2.24, 2.45) is 0 Å². The summed E-state index contributed by atoms with van der Waals surface area (Å²) >= 11 is 1.10. The first kappa shape index (κ1) is 18.0. The van der Waals surface area contributed by atoms with Gasteiger partial charge in [0, 0.05) is 11.3 Å². The molecular weight excluding hydrogens is 368 g/mol. The van der Waals surface area contributed by atoms with E-state index in [4.69, 9.17) is 6.57 Å². The molecule has 26 heavy (non-hydrogen) atoms. The highest BCUT2D eigenvalue weighted by atomic mass is 32.2. The van der Waals surface area contributed by atoms with Crippen molar-refractivity contribution in [3.05, 3.63) is 65.3 Å². The Hall–Kier alpha value is -2.76. The Morgan fingerprint density at radius 3 is 2.54 bits per heavy atom. The maximum atomic E-state index is 12.7. The van der Waals surface area contributed by atoms with Gasteiger partial charge in [-0.15, -0.1) is 11.3 Å². The summed E-state index contributed by atoms with van der Waals surface area (Å²) < 4.78 is 28.2. The fraction of sp³-hybridized carbons (Fsp3) is 0.167. The van der Waals surface area contributed by atoms with E-state index in [1.807, 2.05) is 13.0 Å². The number of thiazole rings is 1. The SMILES string of the molecule is [C-]#[N+]c1ccc(-c2nc(C)c(S(=O)(=O)Nc3cccc(CC)n3)s2)cc1. The summed E-state index contributed by atoms with van der Waals surface area (Å²) in [5, 5.41) is 0.592. The fourth-order valence-corrected chi connectivity index (χ4v) is 4.87. The van der Waals surface area contributed by atoms with Gasteiger partial charge < -0.3 is 0 Å². The largest absolute Gasteiger partial charge is 0.274 e. The van der Waals surface area contributed by atoms with Crippen molar-refractivity contribution in [3.8, 4) is 10.6 Å². The molecule has 0 atom stereocenters. The van der Waals surface area contributed by atoms with Gasteiger partial charge in [0.1, 0.15) is 10.8 Å². The predicted molar refractivity (Wildman–Crippen MR) is 103 cm³/mol. The van der Waals surface area contributed by atoms with E-state index in [-0.39, 0.29) is 4.21 Å². The summed E-state index contributed by atoms with van der Waals surface area (Å²) in [5.74, 6) is 0.292. The van der Waals surface area contributed by atoms with Crippen molar-refractivity contribution in [3.63, 3.8) is 0 Å². The number of benzene rings is 1. The highest BCUT2D eigenvalue weighted by molar-refractivity contribution is 7.94. The second-order valence-corrected chi connectivity index (χ2v) is 8.40. The first-order chi connectivity index (χ1) is 12.4. The van der Waals surface area contributed by atoms with Crippen molar-refractivity contribution in [2.75, 3.05) is 4.72 Å². The fourth-order valence-electron chi connectivity index (χ4n) is 2.35. The molecule has 1 aromatic carbocycles. The lowest BCUT2D eigenvalue weighted by Gasteiger charge is -2.07. The summed E-state index contributed by atoms with van der Waals surface area (Å²) in [6.07, 6.45) is 0.722. The molecule has 1 N–H and O–H groups in total. The Balaban J connectivity index is 1.92. The highest BCUT2D eigenvalue weighted by Gasteiger charge is 2.23. The minimum absolute atomic E-state index is 0.158. The number of nitrogens with one attached hydrogen (secondary N) is 1. The van der Waals surface area contributed by atoms with Crippen LogP contribution in [0.4, 0.5) is 11.5 Å². The molecule has 2 aromatic heterocycles. The van der Waals surface area contributed by atoms with E-state index in [1.165, 1.54) is 0 Å². The Kier molecular flexibility index (Phi) is 5.02. The Bertz CT molecular complexity index is 1080. The van der Waals surface area contributed by atoms with Gasteiger partial charge in [0.2, 0.25) is 0 Å². The van der Waals surface area contributed by atoms with E-state index in [0.717, 1.165) is 29.0 Å². The average molecular weight is 384 g/mol. The highest BCUT2D eigenvalue weighted by Crippen LogP contribution is 2.32. The second-order valence-electron chi connectivity index (χ2n) is 5.52. The van der Waals surface area contributed by atoms with Crippen LogP contribution in [0.15, 0.2) is 46.7 Å². The van der Waals surface area contributed by atoms with Crippen LogP contribution in [0.25, 0.3) is 15.4 Å². The van der Waals surface area contributed by atoms with Gasteiger partial charge in [-0.05, 0) is 25.5 Å². The predicted octanol–water partition coefficient (Wildman–Crippen LogP) is 4.43. The summed E-state index contributed by atoms with van der Waals surface area (Å²) in [5.41, 5.74) is 2.54. The molecule has 8 heteroatoms. The van der Waals surface area contributed by atoms with Crippen LogP contribution in [0.2, 0.25) is 0 Å². The van der Waals surface area contributed by atoms with Gasteiger partial charge in [0.25, 0.3) is 10.0 Å². The van der Waals surface area contributed by atoms with Crippen LogP contribution in [0.3, 0.4) is 0 Å². The number of aromatic nitrogens is 2. The van der Waals surface area contributed by atoms with Crippen LogP contribution in [0.5, 0.6) is 0 Å². The summed E-state index contributed by atoms with van der Waals surface area (Å²) in [6.45, 7) is 10.6. The van der Waals surface area contributed by atoms with Gasteiger partial charge in [0.05, 0.1) is 12.3 Å². The summed E-state index contributed by atoms with van der Waals surface area (Å²) in [7, 11) is -3.77. The number of anilines is 1. The lowest BCUT2D eigenvalue weighted by atomic mass is 10.2. The van der Waals surface area contributed by atoms with Crippen LogP contribution >= 0.6 is 11.3 Å². The van der Waals surface area contributed by atoms with E-state index in [9.17, 15) is 8.42 Å². The van der Waals surface area contributed by atoms with Crippen molar-refractivity contribution in [1.29, 1.82) is 0 Å². The van der Waals surface area contributed by atoms with Crippen molar-refractivity contribution in [2.45, 2.75) is 24.5 Å². The molecule has 2 heterocycles. The van der Waals surface area contributed by atoms with Crippen molar-refractivity contribution >= 4 is 32.9 Å². The van der Waals surface area contributed by atoms with Crippen LogP contribution in [-0.4, -0.2) is 18.4 Å². The summed E-state index contributed by atoms with van der Waals surface area (Å²) in [4.78, 5) is 12.0. The average Bonchev–Trinajstić information content (AvgIpc) is 3.04. The maximum absolute atomic E-state index is 12.7. The molecule has 0 bridgehead atoms. The number of hydrogen-bond donors (Lipinski definition) is 1. The van der Waals surface area contributed by atoms with Gasteiger partial charge in [-0.3, -0.25) is 4.72 Å². The molecule has 3 rings (SSSR count). The molecule has 132 valence electrons. The zero-order chi connectivity index (χ0) is 18.7. The first-order valence-corrected chi connectivity index (χ1v) is 10.2. The number of aryl methyl sites for hydroxylation is 2. The molecule has 0 aliphatic heterocycles. The van der Waals surface area contributed by atoms with Crippen LogP contribution in [0, 0.1) is 13.5 Å². The Labute approximate surface area is 156 Å². The number of sulfonamides is 1. The second kappa shape index (κ2) is 7.23. The van der Waals surface area contributed by atoms with E-state index in [1.54, 1.807) is 43.3 Å². The van der Waals surface area contributed by atoms with Gasteiger partial charge in [0.15, 0.2) is 9.90 Å². The van der Waals surface area contributed by atoms with E-state index in [2.05, 4.69) is 19.5 Å². The molecule has 0 amide bonds. The normalized spacial score (nSPS) is 11.1. The zero-order valence-electron chi connectivity index (χ0n) is 14.2. The number of nitrogens with zero attached hydrogens (tertiary/aromatic N) is 3. The van der Waals surface area contributed by atoms with E-state index >= 15 is 0 Å². The third kappa shape index (κ3) is 3.74. The lowest BCUT2D eigenvalue weighted by Crippen LogP contribution is -2.14. The molecule has 6 nitrogen and oxygen atoms in total.